The Hall–Kier alpha value is -2.42. The maximum Gasteiger partial charge on any atom is 0.335 e. The summed E-state index contributed by atoms with van der Waals surface area (Å²) in [5.74, 6) is -1.07. The van der Waals surface area contributed by atoms with Crippen molar-refractivity contribution in [3.63, 3.8) is 0 Å². The number of aromatic carboxylic acids is 1. The highest BCUT2D eigenvalue weighted by Crippen LogP contribution is 2.37. The predicted octanol–water partition coefficient (Wildman–Crippen LogP) is 4.72. The van der Waals surface area contributed by atoms with Gasteiger partial charge in [0.25, 0.3) is 0 Å². The van der Waals surface area contributed by atoms with Crippen molar-refractivity contribution in [2.24, 2.45) is 0 Å². The van der Waals surface area contributed by atoms with Gasteiger partial charge in [0.2, 0.25) is 0 Å². The van der Waals surface area contributed by atoms with Gasteiger partial charge < -0.3 is 5.11 Å². The summed E-state index contributed by atoms with van der Waals surface area (Å²) in [6.45, 7) is 2.19. The second-order valence-electron chi connectivity index (χ2n) is 6.09. The number of rotatable bonds is 6. The highest BCUT2D eigenvalue weighted by molar-refractivity contribution is 6.22. The number of carboxylic acids is 1. The average Bonchev–Trinajstić information content (AvgIpc) is 2.84. The van der Waals surface area contributed by atoms with E-state index in [1.165, 1.54) is 30.9 Å². The Morgan fingerprint density at radius 3 is 2.30 bits per heavy atom. The van der Waals surface area contributed by atoms with Crippen LogP contribution in [0.2, 0.25) is 0 Å². The van der Waals surface area contributed by atoms with E-state index >= 15 is 0 Å². The minimum Gasteiger partial charge on any atom is -0.478 e. The van der Waals surface area contributed by atoms with Crippen LogP contribution >= 0.6 is 0 Å². The smallest absolute Gasteiger partial charge is 0.335 e. The second kappa shape index (κ2) is 6.37. The predicted molar refractivity (Wildman–Crippen MR) is 90.1 cm³/mol. The quantitative estimate of drug-likeness (QED) is 0.670. The lowest BCUT2D eigenvalue weighted by Gasteiger charge is -2.05. The molecule has 1 aliphatic carbocycles. The van der Waals surface area contributed by atoms with Gasteiger partial charge in [-0.05, 0) is 47.7 Å². The molecule has 0 aromatic heterocycles. The van der Waals surface area contributed by atoms with Gasteiger partial charge >= 0.3 is 5.97 Å². The Kier molecular flexibility index (Phi) is 4.28. The average molecular weight is 308 g/mol. The lowest BCUT2D eigenvalue weighted by Crippen LogP contribution is -2.00. The maximum atomic E-state index is 12.6. The van der Waals surface area contributed by atoms with Gasteiger partial charge in [0.05, 0.1) is 5.56 Å². The van der Waals surface area contributed by atoms with Crippen molar-refractivity contribution < 1.29 is 14.7 Å². The van der Waals surface area contributed by atoms with E-state index in [0.717, 1.165) is 24.0 Å². The standard InChI is InChI=1S/C20H20O3/c1-2-3-4-5-6-13-7-9-15-16-10-8-14(20(22)23)12-18(16)19(21)17(15)11-13/h7-12H,2-6H2,1H3,(H,22,23). The van der Waals surface area contributed by atoms with Gasteiger partial charge in [0.15, 0.2) is 5.78 Å². The van der Waals surface area contributed by atoms with Gasteiger partial charge in [-0.3, -0.25) is 4.79 Å². The van der Waals surface area contributed by atoms with Crippen LogP contribution < -0.4 is 0 Å². The second-order valence-corrected chi connectivity index (χ2v) is 6.09. The van der Waals surface area contributed by atoms with Crippen LogP contribution in [0.3, 0.4) is 0 Å². The molecule has 0 radical (unpaired) electrons. The summed E-state index contributed by atoms with van der Waals surface area (Å²) >= 11 is 0. The van der Waals surface area contributed by atoms with Crippen LogP contribution in [0.15, 0.2) is 36.4 Å². The number of carbonyl (C=O) groups excluding carboxylic acids is 1. The lowest BCUT2D eigenvalue weighted by atomic mass is 10.00. The van der Waals surface area contributed by atoms with Crippen molar-refractivity contribution in [1.82, 2.24) is 0 Å². The van der Waals surface area contributed by atoms with E-state index in [1.807, 2.05) is 12.1 Å². The summed E-state index contributed by atoms with van der Waals surface area (Å²) in [4.78, 5) is 23.7. The van der Waals surface area contributed by atoms with Crippen LogP contribution in [0.4, 0.5) is 0 Å². The highest BCUT2D eigenvalue weighted by Gasteiger charge is 2.27. The van der Waals surface area contributed by atoms with Crippen LogP contribution in [0.25, 0.3) is 11.1 Å². The normalized spacial score (nSPS) is 12.1. The fourth-order valence-electron chi connectivity index (χ4n) is 3.17. The van der Waals surface area contributed by atoms with Crippen molar-refractivity contribution in [2.45, 2.75) is 39.0 Å². The zero-order valence-electron chi connectivity index (χ0n) is 13.3. The molecule has 0 saturated heterocycles. The SMILES string of the molecule is CCCCCCc1ccc2c(c1)C(=O)c1cc(C(=O)O)ccc1-2. The Morgan fingerprint density at radius 2 is 1.61 bits per heavy atom. The zero-order chi connectivity index (χ0) is 16.4. The molecule has 0 atom stereocenters. The lowest BCUT2D eigenvalue weighted by molar-refractivity contribution is 0.0697. The van der Waals surface area contributed by atoms with Crippen molar-refractivity contribution in [3.8, 4) is 11.1 Å². The molecule has 0 aliphatic heterocycles. The van der Waals surface area contributed by atoms with E-state index < -0.39 is 5.97 Å². The Balaban J connectivity index is 1.87. The molecule has 3 heteroatoms. The van der Waals surface area contributed by atoms with Crippen molar-refractivity contribution in [1.29, 1.82) is 0 Å². The van der Waals surface area contributed by atoms with E-state index in [0.29, 0.717) is 11.1 Å². The molecule has 0 heterocycles. The maximum absolute atomic E-state index is 12.6. The summed E-state index contributed by atoms with van der Waals surface area (Å²) in [6, 6.07) is 10.8. The van der Waals surface area contributed by atoms with E-state index in [4.69, 9.17) is 5.11 Å². The molecule has 1 N–H and O–H groups in total. The summed E-state index contributed by atoms with van der Waals surface area (Å²) in [5.41, 5.74) is 4.30. The molecule has 0 saturated carbocycles. The number of unbranched alkanes of at least 4 members (excludes halogenated alkanes) is 3. The van der Waals surface area contributed by atoms with Crippen molar-refractivity contribution in [3.05, 3.63) is 58.7 Å². The number of benzene rings is 2. The number of ketones is 1. The Morgan fingerprint density at radius 1 is 0.913 bits per heavy atom. The molecule has 0 spiro atoms. The largest absolute Gasteiger partial charge is 0.478 e. The molecule has 0 fully saturated rings. The van der Waals surface area contributed by atoms with Gasteiger partial charge in [-0.25, -0.2) is 4.79 Å². The number of hydrogen-bond acceptors (Lipinski definition) is 2. The summed E-state index contributed by atoms with van der Waals surface area (Å²) in [6.07, 6.45) is 5.79. The summed E-state index contributed by atoms with van der Waals surface area (Å²) < 4.78 is 0. The summed E-state index contributed by atoms with van der Waals surface area (Å²) in [5, 5.41) is 9.09. The van der Waals surface area contributed by atoms with E-state index in [-0.39, 0.29) is 11.3 Å². The molecular weight excluding hydrogens is 288 g/mol. The third kappa shape index (κ3) is 2.91. The van der Waals surface area contributed by atoms with Crippen LogP contribution in [0, 0.1) is 0 Å². The molecule has 2 aromatic rings. The number of carboxylic acid groups (broad SMARTS) is 1. The molecule has 0 amide bonds. The first-order valence-corrected chi connectivity index (χ1v) is 8.17. The number of aryl methyl sites for hydroxylation is 1. The van der Waals surface area contributed by atoms with E-state index in [9.17, 15) is 9.59 Å². The molecule has 118 valence electrons. The van der Waals surface area contributed by atoms with E-state index in [1.54, 1.807) is 12.1 Å². The monoisotopic (exact) mass is 308 g/mol. The van der Waals surface area contributed by atoms with Crippen LogP contribution in [0.1, 0.15) is 64.4 Å². The molecule has 0 unspecified atom stereocenters. The number of carbonyl (C=O) groups is 2. The van der Waals surface area contributed by atoms with Gasteiger partial charge in [-0.15, -0.1) is 0 Å². The third-order valence-electron chi connectivity index (χ3n) is 4.45. The first kappa shape index (κ1) is 15.5. The van der Waals surface area contributed by atoms with Gasteiger partial charge in [-0.1, -0.05) is 44.4 Å². The van der Waals surface area contributed by atoms with Crippen molar-refractivity contribution in [2.75, 3.05) is 0 Å². The van der Waals surface area contributed by atoms with E-state index in [2.05, 4.69) is 13.0 Å². The number of hydrogen-bond donors (Lipinski definition) is 1. The fraction of sp³-hybridized carbons (Fsp3) is 0.300. The minimum absolute atomic E-state index is 0.0616. The van der Waals surface area contributed by atoms with Crippen LogP contribution in [0.5, 0.6) is 0 Å². The Bertz CT molecular complexity index is 774. The number of fused-ring (bicyclic) bond motifs is 3. The highest BCUT2D eigenvalue weighted by atomic mass is 16.4. The molecule has 0 bridgehead atoms. The minimum atomic E-state index is -1.01. The van der Waals surface area contributed by atoms with Gasteiger partial charge in [-0.2, -0.15) is 0 Å². The van der Waals surface area contributed by atoms with Crippen LogP contribution in [-0.4, -0.2) is 16.9 Å². The Labute approximate surface area is 136 Å². The molecule has 3 rings (SSSR count). The third-order valence-corrected chi connectivity index (χ3v) is 4.45. The summed E-state index contributed by atoms with van der Waals surface area (Å²) in [7, 11) is 0. The van der Waals surface area contributed by atoms with Crippen LogP contribution in [-0.2, 0) is 6.42 Å². The fourth-order valence-corrected chi connectivity index (χ4v) is 3.17. The molecule has 23 heavy (non-hydrogen) atoms. The molecule has 1 aliphatic rings. The first-order chi connectivity index (χ1) is 11.1. The van der Waals surface area contributed by atoms with Gasteiger partial charge in [0.1, 0.15) is 0 Å². The first-order valence-electron chi connectivity index (χ1n) is 8.17. The topological polar surface area (TPSA) is 54.4 Å². The molecular formula is C20H20O3. The molecule has 2 aromatic carbocycles. The molecule has 3 nitrogen and oxygen atoms in total. The zero-order valence-corrected chi connectivity index (χ0v) is 13.3. The van der Waals surface area contributed by atoms with Crippen molar-refractivity contribution >= 4 is 11.8 Å². The van der Waals surface area contributed by atoms with Gasteiger partial charge in [0, 0.05) is 11.1 Å².